The van der Waals surface area contributed by atoms with Crippen molar-refractivity contribution in [3.63, 3.8) is 0 Å². The van der Waals surface area contributed by atoms with Crippen LogP contribution in [-0.4, -0.2) is 30.1 Å². The van der Waals surface area contributed by atoms with Gasteiger partial charge in [0.2, 0.25) is 0 Å². The van der Waals surface area contributed by atoms with Crippen LogP contribution < -0.4 is 0 Å². The first-order valence-corrected chi connectivity index (χ1v) is 10.6. The molecule has 0 amide bonds. The number of halogens is 1. The lowest BCUT2D eigenvalue weighted by Crippen LogP contribution is -2.06. The Kier molecular flexibility index (Phi) is 6.54. The van der Waals surface area contributed by atoms with Crippen molar-refractivity contribution < 1.29 is 18.7 Å². The molecule has 0 fully saturated rings. The highest BCUT2D eigenvalue weighted by molar-refractivity contribution is 7.97. The van der Waals surface area contributed by atoms with Crippen LogP contribution in [0, 0.1) is 5.82 Å². The maximum absolute atomic E-state index is 14.6. The first-order valence-electron chi connectivity index (χ1n) is 9.23. The van der Waals surface area contributed by atoms with Gasteiger partial charge in [0.05, 0.1) is 12.1 Å². The molecule has 0 saturated carbocycles. The number of ether oxygens (including phenoxy) is 1. The van der Waals surface area contributed by atoms with Gasteiger partial charge in [-0.25, -0.2) is 9.18 Å². The number of thioether (sulfide) groups is 1. The fraction of sp³-hybridized carbons (Fsp3) is 0.217. The molecular weight excluding hydrogens is 389 g/mol. The third kappa shape index (κ3) is 4.12. The molecule has 0 aliphatic carbocycles. The summed E-state index contributed by atoms with van der Waals surface area (Å²) in [5.41, 5.74) is 4.07. The summed E-state index contributed by atoms with van der Waals surface area (Å²) in [6.45, 7) is 5.93. The number of carbonyl (C=O) groups is 2. The molecule has 0 unspecified atom stereocenters. The fourth-order valence-electron chi connectivity index (χ4n) is 3.35. The van der Waals surface area contributed by atoms with E-state index in [1.807, 2.05) is 30.5 Å². The molecule has 0 bridgehead atoms. The van der Waals surface area contributed by atoms with Crippen LogP contribution in [0.15, 0.2) is 43.0 Å². The van der Waals surface area contributed by atoms with Gasteiger partial charge in [0, 0.05) is 28.7 Å². The number of nitrogens with one attached hydrogen (secondary N) is 1. The van der Waals surface area contributed by atoms with Gasteiger partial charge in [0.1, 0.15) is 17.8 Å². The fourth-order valence-corrected chi connectivity index (χ4v) is 3.90. The van der Waals surface area contributed by atoms with Crippen LogP contribution in [0.1, 0.15) is 35.0 Å². The number of aromatic amines is 1. The van der Waals surface area contributed by atoms with Gasteiger partial charge in [0.15, 0.2) is 0 Å². The van der Waals surface area contributed by atoms with Gasteiger partial charge in [-0.05, 0) is 35.9 Å². The minimum absolute atomic E-state index is 0.181. The molecule has 3 aromatic rings. The number of rotatable bonds is 8. The summed E-state index contributed by atoms with van der Waals surface area (Å²) in [7, 11) is 0. The van der Waals surface area contributed by atoms with Crippen LogP contribution in [-0.2, 0) is 15.3 Å². The van der Waals surface area contributed by atoms with Crippen LogP contribution in [0.5, 0.6) is 0 Å². The summed E-state index contributed by atoms with van der Waals surface area (Å²) in [6, 6.07) is 10.5. The zero-order chi connectivity index (χ0) is 21.0. The highest BCUT2D eigenvalue weighted by Gasteiger charge is 2.22. The van der Waals surface area contributed by atoms with Gasteiger partial charge in [-0.3, -0.25) is 0 Å². The first kappa shape index (κ1) is 20.9. The molecule has 0 saturated heterocycles. The molecule has 29 heavy (non-hydrogen) atoms. The lowest BCUT2D eigenvalue weighted by molar-refractivity contribution is -0.107. The van der Waals surface area contributed by atoms with Crippen LogP contribution in [0.4, 0.5) is 4.39 Å². The standard InChI is InChI=1S/C23H22FNO3S/c1-4-28-23(27)22-20(15-8-9-16(13-29-3)19(24)12-15)18-7-5-6-17(21(18)25-22)14(2)10-11-26/h5-9,11-12,25H,2,4,10,13H2,1,3H3. The molecular formula is C23H22FNO3S. The number of para-hydroxylation sites is 1. The molecule has 0 aliphatic rings. The SMILES string of the molecule is C=C(CC=O)c1cccc2c(-c3ccc(CSC)c(F)c3)c(C(=O)OCC)[nH]c12. The number of hydrogen-bond donors (Lipinski definition) is 1. The van der Waals surface area contributed by atoms with Crippen molar-refractivity contribution in [3.05, 3.63) is 65.6 Å². The Morgan fingerprint density at radius 3 is 2.76 bits per heavy atom. The van der Waals surface area contributed by atoms with Crippen LogP contribution in [0.25, 0.3) is 27.6 Å². The molecule has 3 rings (SSSR count). The monoisotopic (exact) mass is 411 g/mol. The van der Waals surface area contributed by atoms with E-state index in [2.05, 4.69) is 11.6 Å². The Hall–Kier alpha value is -2.86. The van der Waals surface area contributed by atoms with E-state index in [0.717, 1.165) is 17.2 Å². The lowest BCUT2D eigenvalue weighted by atomic mass is 9.97. The Morgan fingerprint density at radius 1 is 1.31 bits per heavy atom. The Morgan fingerprint density at radius 2 is 2.10 bits per heavy atom. The summed E-state index contributed by atoms with van der Waals surface area (Å²) in [6.07, 6.45) is 2.89. The second-order valence-electron chi connectivity index (χ2n) is 6.54. The number of carbonyl (C=O) groups excluding carboxylic acids is 2. The summed E-state index contributed by atoms with van der Waals surface area (Å²) in [5, 5.41) is 0.745. The zero-order valence-electron chi connectivity index (χ0n) is 16.4. The van der Waals surface area contributed by atoms with Gasteiger partial charge in [-0.2, -0.15) is 11.8 Å². The number of fused-ring (bicyclic) bond motifs is 1. The smallest absolute Gasteiger partial charge is 0.355 e. The van der Waals surface area contributed by atoms with E-state index in [1.165, 1.54) is 6.07 Å². The summed E-state index contributed by atoms with van der Waals surface area (Å²) in [4.78, 5) is 26.7. The molecule has 1 N–H and O–H groups in total. The van der Waals surface area contributed by atoms with Crippen LogP contribution in [0.3, 0.4) is 0 Å². The average molecular weight is 411 g/mol. The largest absolute Gasteiger partial charge is 0.461 e. The van der Waals surface area contributed by atoms with Gasteiger partial charge in [-0.15, -0.1) is 0 Å². The normalized spacial score (nSPS) is 10.9. The molecule has 2 aromatic carbocycles. The molecule has 1 aromatic heterocycles. The summed E-state index contributed by atoms with van der Waals surface area (Å²) in [5.74, 6) is -0.262. The van der Waals surface area contributed by atoms with Gasteiger partial charge >= 0.3 is 5.97 Å². The predicted octanol–water partition coefficient (Wildman–Crippen LogP) is 5.62. The van der Waals surface area contributed by atoms with E-state index >= 15 is 0 Å². The Bertz CT molecular complexity index is 1090. The number of aldehydes is 1. The van der Waals surface area contributed by atoms with Crippen molar-refractivity contribution in [1.82, 2.24) is 4.98 Å². The number of esters is 1. The molecule has 0 radical (unpaired) electrons. The van der Waals surface area contributed by atoms with E-state index in [0.29, 0.717) is 33.5 Å². The number of H-pyrrole nitrogens is 1. The molecule has 0 atom stereocenters. The molecule has 1 heterocycles. The van der Waals surface area contributed by atoms with E-state index in [1.54, 1.807) is 24.8 Å². The first-order chi connectivity index (χ1) is 14.0. The number of benzene rings is 2. The summed E-state index contributed by atoms with van der Waals surface area (Å²) >= 11 is 1.54. The van der Waals surface area contributed by atoms with Gasteiger partial charge in [-0.1, -0.05) is 36.9 Å². The topological polar surface area (TPSA) is 59.2 Å². The minimum Gasteiger partial charge on any atom is -0.461 e. The van der Waals surface area contributed by atoms with Crippen molar-refractivity contribution in [1.29, 1.82) is 0 Å². The van der Waals surface area contributed by atoms with E-state index in [-0.39, 0.29) is 24.5 Å². The van der Waals surface area contributed by atoms with E-state index in [9.17, 15) is 14.0 Å². The maximum Gasteiger partial charge on any atom is 0.355 e. The van der Waals surface area contributed by atoms with E-state index < -0.39 is 5.97 Å². The van der Waals surface area contributed by atoms with Crippen molar-refractivity contribution in [2.75, 3.05) is 12.9 Å². The number of aromatic nitrogens is 1. The molecule has 0 aliphatic heterocycles. The maximum atomic E-state index is 14.6. The highest BCUT2D eigenvalue weighted by Crippen LogP contribution is 2.37. The van der Waals surface area contributed by atoms with E-state index in [4.69, 9.17) is 4.74 Å². The van der Waals surface area contributed by atoms with Gasteiger partial charge in [0.25, 0.3) is 0 Å². The molecule has 150 valence electrons. The van der Waals surface area contributed by atoms with Crippen molar-refractivity contribution in [3.8, 4) is 11.1 Å². The number of allylic oxidation sites excluding steroid dienone is 1. The Labute approximate surface area is 173 Å². The zero-order valence-corrected chi connectivity index (χ0v) is 17.2. The van der Waals surface area contributed by atoms with Crippen molar-refractivity contribution >= 4 is 40.5 Å². The highest BCUT2D eigenvalue weighted by atomic mass is 32.2. The predicted molar refractivity (Wildman–Crippen MR) is 117 cm³/mol. The quantitative estimate of drug-likeness (QED) is 0.386. The third-order valence-electron chi connectivity index (χ3n) is 4.67. The lowest BCUT2D eigenvalue weighted by Gasteiger charge is -2.08. The van der Waals surface area contributed by atoms with Crippen LogP contribution in [0.2, 0.25) is 0 Å². The van der Waals surface area contributed by atoms with Crippen LogP contribution >= 0.6 is 11.8 Å². The van der Waals surface area contributed by atoms with Gasteiger partial charge < -0.3 is 14.5 Å². The minimum atomic E-state index is -0.515. The Balaban J connectivity index is 2.26. The van der Waals surface area contributed by atoms with Crippen molar-refractivity contribution in [2.24, 2.45) is 0 Å². The van der Waals surface area contributed by atoms with Crippen molar-refractivity contribution in [2.45, 2.75) is 19.1 Å². The second kappa shape index (κ2) is 9.09. The molecule has 6 heteroatoms. The number of hydrogen-bond acceptors (Lipinski definition) is 4. The second-order valence-corrected chi connectivity index (χ2v) is 7.40. The third-order valence-corrected chi connectivity index (χ3v) is 5.27. The summed E-state index contributed by atoms with van der Waals surface area (Å²) < 4.78 is 19.8. The molecule has 4 nitrogen and oxygen atoms in total. The molecule has 0 spiro atoms. The average Bonchev–Trinajstić information content (AvgIpc) is 3.10.